The standard InChI is InChI=1S/C15H19N7S/c1-2-12-17-14(23-20-12)10-21-6-3-11(4-7-21)15-19-18-13-9-16-5-8-22(13)15/h5,8-9,11H,2-4,6-7,10H2,1H3. The van der Waals surface area contributed by atoms with Crippen molar-refractivity contribution in [2.45, 2.75) is 38.6 Å². The summed E-state index contributed by atoms with van der Waals surface area (Å²) in [6.07, 6.45) is 8.60. The molecule has 8 heteroatoms. The summed E-state index contributed by atoms with van der Waals surface area (Å²) in [6.45, 7) is 5.13. The molecule has 0 aliphatic carbocycles. The van der Waals surface area contributed by atoms with Gasteiger partial charge in [-0.2, -0.15) is 4.37 Å². The van der Waals surface area contributed by atoms with Gasteiger partial charge in [0.2, 0.25) is 0 Å². The average molecular weight is 329 g/mol. The molecule has 0 spiro atoms. The average Bonchev–Trinajstić information content (AvgIpc) is 3.22. The zero-order valence-electron chi connectivity index (χ0n) is 13.1. The van der Waals surface area contributed by atoms with Gasteiger partial charge in [0.25, 0.3) is 0 Å². The molecule has 4 rings (SSSR count). The lowest BCUT2D eigenvalue weighted by molar-refractivity contribution is 0.201. The summed E-state index contributed by atoms with van der Waals surface area (Å²) < 4.78 is 6.43. The highest BCUT2D eigenvalue weighted by Gasteiger charge is 2.25. The van der Waals surface area contributed by atoms with Gasteiger partial charge >= 0.3 is 0 Å². The number of hydrogen-bond donors (Lipinski definition) is 0. The lowest BCUT2D eigenvalue weighted by Gasteiger charge is -2.30. The first-order chi connectivity index (χ1) is 11.3. The predicted molar refractivity (Wildman–Crippen MR) is 87.3 cm³/mol. The van der Waals surface area contributed by atoms with E-state index < -0.39 is 0 Å². The minimum absolute atomic E-state index is 0.462. The number of rotatable bonds is 4. The minimum atomic E-state index is 0.462. The lowest BCUT2D eigenvalue weighted by atomic mass is 9.96. The van der Waals surface area contributed by atoms with Crippen molar-refractivity contribution in [3.05, 3.63) is 35.2 Å². The molecule has 23 heavy (non-hydrogen) atoms. The third-order valence-corrected chi connectivity index (χ3v) is 5.11. The molecule has 1 fully saturated rings. The maximum absolute atomic E-state index is 4.57. The van der Waals surface area contributed by atoms with Crippen LogP contribution in [0.15, 0.2) is 18.6 Å². The molecular weight excluding hydrogens is 310 g/mol. The fourth-order valence-electron chi connectivity index (χ4n) is 3.09. The van der Waals surface area contributed by atoms with E-state index in [1.54, 1.807) is 12.4 Å². The van der Waals surface area contributed by atoms with E-state index in [0.29, 0.717) is 5.92 Å². The van der Waals surface area contributed by atoms with E-state index >= 15 is 0 Å². The van der Waals surface area contributed by atoms with Gasteiger partial charge in [-0.05, 0) is 37.5 Å². The van der Waals surface area contributed by atoms with Gasteiger partial charge < -0.3 is 0 Å². The molecule has 7 nitrogen and oxygen atoms in total. The Balaban J connectivity index is 1.40. The topological polar surface area (TPSA) is 72.1 Å². The largest absolute Gasteiger partial charge is 0.297 e. The summed E-state index contributed by atoms with van der Waals surface area (Å²) in [7, 11) is 0. The number of likely N-dealkylation sites (tertiary alicyclic amines) is 1. The van der Waals surface area contributed by atoms with Crippen LogP contribution in [0.3, 0.4) is 0 Å². The second-order valence-electron chi connectivity index (χ2n) is 5.87. The molecular formula is C15H19N7S. The Labute approximate surface area is 138 Å². The zero-order chi connectivity index (χ0) is 15.6. The number of hydrogen-bond acceptors (Lipinski definition) is 7. The molecule has 0 N–H and O–H groups in total. The highest BCUT2D eigenvalue weighted by atomic mass is 32.1. The number of fused-ring (bicyclic) bond motifs is 1. The summed E-state index contributed by atoms with van der Waals surface area (Å²) in [6, 6.07) is 0. The number of nitrogens with zero attached hydrogens (tertiary/aromatic N) is 7. The predicted octanol–water partition coefficient (Wildman–Crippen LogP) is 1.92. The van der Waals surface area contributed by atoms with Gasteiger partial charge in [-0.25, -0.2) is 4.98 Å². The van der Waals surface area contributed by atoms with Crippen LogP contribution in [0, 0.1) is 0 Å². The normalized spacial score (nSPS) is 17.1. The van der Waals surface area contributed by atoms with Crippen LogP contribution >= 0.6 is 11.5 Å². The molecule has 3 aromatic heterocycles. The van der Waals surface area contributed by atoms with Crippen LogP contribution in [-0.4, -0.2) is 46.9 Å². The highest BCUT2D eigenvalue weighted by Crippen LogP contribution is 2.27. The van der Waals surface area contributed by atoms with E-state index in [1.807, 2.05) is 6.20 Å². The maximum atomic E-state index is 4.57. The fourth-order valence-corrected chi connectivity index (χ4v) is 3.86. The number of piperidine rings is 1. The van der Waals surface area contributed by atoms with E-state index in [-0.39, 0.29) is 0 Å². The van der Waals surface area contributed by atoms with Gasteiger partial charge in [0, 0.05) is 24.7 Å². The van der Waals surface area contributed by atoms with Crippen LogP contribution in [-0.2, 0) is 13.0 Å². The summed E-state index contributed by atoms with van der Waals surface area (Å²) in [4.78, 5) is 11.1. The monoisotopic (exact) mass is 329 g/mol. The van der Waals surface area contributed by atoms with Crippen molar-refractivity contribution in [1.29, 1.82) is 0 Å². The quantitative estimate of drug-likeness (QED) is 0.728. The molecule has 0 aromatic carbocycles. The highest BCUT2D eigenvalue weighted by molar-refractivity contribution is 7.05. The van der Waals surface area contributed by atoms with Crippen molar-refractivity contribution < 1.29 is 0 Å². The smallest absolute Gasteiger partial charge is 0.179 e. The molecule has 1 aliphatic heterocycles. The zero-order valence-corrected chi connectivity index (χ0v) is 13.9. The Morgan fingerprint density at radius 2 is 2.13 bits per heavy atom. The summed E-state index contributed by atoms with van der Waals surface area (Å²) in [5, 5.41) is 9.71. The van der Waals surface area contributed by atoms with Crippen molar-refractivity contribution in [1.82, 2.24) is 33.8 Å². The first-order valence-corrected chi connectivity index (χ1v) is 8.79. The van der Waals surface area contributed by atoms with Gasteiger partial charge in [0.05, 0.1) is 12.7 Å². The molecule has 0 unspecified atom stereocenters. The second-order valence-corrected chi connectivity index (χ2v) is 6.71. The molecule has 4 heterocycles. The molecule has 0 saturated carbocycles. The molecule has 120 valence electrons. The summed E-state index contributed by atoms with van der Waals surface area (Å²) in [5.74, 6) is 2.49. The van der Waals surface area contributed by atoms with E-state index in [4.69, 9.17) is 0 Å². The molecule has 3 aromatic rings. The Hall–Kier alpha value is -1.93. The van der Waals surface area contributed by atoms with Gasteiger partial charge in [-0.1, -0.05) is 6.92 Å². The first-order valence-electron chi connectivity index (χ1n) is 8.02. The molecule has 0 atom stereocenters. The lowest BCUT2D eigenvalue weighted by Crippen LogP contribution is -2.33. The van der Waals surface area contributed by atoms with Crippen LogP contribution in [0.1, 0.15) is 42.3 Å². The molecule has 1 aliphatic rings. The SMILES string of the molecule is CCc1nsc(CN2CCC(c3nnc4cnccn34)CC2)n1. The Kier molecular flexibility index (Phi) is 4.00. The van der Waals surface area contributed by atoms with E-state index in [9.17, 15) is 0 Å². The van der Waals surface area contributed by atoms with Crippen molar-refractivity contribution in [3.63, 3.8) is 0 Å². The van der Waals surface area contributed by atoms with Gasteiger partial charge in [0.1, 0.15) is 16.7 Å². The summed E-state index contributed by atoms with van der Waals surface area (Å²) >= 11 is 1.53. The number of aryl methyl sites for hydroxylation is 1. The molecule has 0 radical (unpaired) electrons. The van der Waals surface area contributed by atoms with E-state index in [1.165, 1.54) is 11.5 Å². The van der Waals surface area contributed by atoms with Crippen LogP contribution in [0.2, 0.25) is 0 Å². The van der Waals surface area contributed by atoms with Gasteiger partial charge in [-0.15, -0.1) is 10.2 Å². The van der Waals surface area contributed by atoms with Gasteiger partial charge in [0.15, 0.2) is 5.65 Å². The first kappa shape index (κ1) is 14.6. The van der Waals surface area contributed by atoms with Crippen LogP contribution < -0.4 is 0 Å². The maximum Gasteiger partial charge on any atom is 0.179 e. The third kappa shape index (κ3) is 2.96. The molecule has 1 saturated heterocycles. The Bertz CT molecular complexity index is 788. The Morgan fingerprint density at radius 1 is 1.26 bits per heavy atom. The van der Waals surface area contributed by atoms with Crippen molar-refractivity contribution >= 4 is 17.2 Å². The van der Waals surface area contributed by atoms with E-state index in [2.05, 4.69) is 40.8 Å². The van der Waals surface area contributed by atoms with Crippen molar-refractivity contribution in [2.75, 3.05) is 13.1 Å². The second kappa shape index (κ2) is 6.29. The van der Waals surface area contributed by atoms with E-state index in [0.717, 1.165) is 61.2 Å². The third-order valence-electron chi connectivity index (χ3n) is 4.38. The number of aromatic nitrogens is 6. The fraction of sp³-hybridized carbons (Fsp3) is 0.533. The summed E-state index contributed by atoms with van der Waals surface area (Å²) in [5.41, 5.74) is 0.825. The Morgan fingerprint density at radius 3 is 2.91 bits per heavy atom. The molecule has 0 amide bonds. The van der Waals surface area contributed by atoms with Crippen LogP contribution in [0.4, 0.5) is 0 Å². The van der Waals surface area contributed by atoms with Gasteiger partial charge in [-0.3, -0.25) is 14.3 Å². The van der Waals surface area contributed by atoms with Crippen molar-refractivity contribution in [2.24, 2.45) is 0 Å². The molecule has 0 bridgehead atoms. The van der Waals surface area contributed by atoms with Crippen LogP contribution in [0.25, 0.3) is 5.65 Å². The van der Waals surface area contributed by atoms with Crippen molar-refractivity contribution in [3.8, 4) is 0 Å². The van der Waals surface area contributed by atoms with Crippen LogP contribution in [0.5, 0.6) is 0 Å². The minimum Gasteiger partial charge on any atom is -0.297 e.